The number of halogens is 1. The van der Waals surface area contributed by atoms with Gasteiger partial charge >= 0.3 is 5.97 Å². The first-order valence-corrected chi connectivity index (χ1v) is 17.3. The van der Waals surface area contributed by atoms with Crippen LogP contribution in [0.5, 0.6) is 5.75 Å². The van der Waals surface area contributed by atoms with Crippen molar-refractivity contribution < 1.29 is 28.5 Å². The zero-order chi connectivity index (χ0) is 36.4. The third-order valence-corrected chi connectivity index (χ3v) is 9.14. The summed E-state index contributed by atoms with van der Waals surface area (Å²) in [5.41, 5.74) is 1.12. The number of aromatic nitrogens is 2. The molecule has 1 unspecified atom stereocenters. The minimum absolute atomic E-state index is 0.178. The van der Waals surface area contributed by atoms with Gasteiger partial charge in [0.1, 0.15) is 23.2 Å². The van der Waals surface area contributed by atoms with Gasteiger partial charge in [0, 0.05) is 36.7 Å². The highest BCUT2D eigenvalue weighted by atomic mass is 19.1. The second-order valence-corrected chi connectivity index (χ2v) is 14.9. The number of aliphatic carboxylic acids is 1. The molecule has 5 rings (SSSR count). The largest absolute Gasteiger partial charge is 0.490 e. The van der Waals surface area contributed by atoms with E-state index in [9.17, 15) is 9.90 Å². The Kier molecular flexibility index (Phi) is 10.6. The minimum atomic E-state index is -1.25. The van der Waals surface area contributed by atoms with Crippen molar-refractivity contribution in [3.8, 4) is 28.1 Å². The SMILES string of the molecule is C=CCOC1(C)CCN(C2=C(C(OC(C)(C)C)C(=O)O)C(C)(C)Nc3cc(-c4cccc(-c5c(F)cccc5O[C@@H](C)CC=C)c4)nn32)CC1. The van der Waals surface area contributed by atoms with Crippen LogP contribution in [0.4, 0.5) is 10.2 Å². The highest BCUT2D eigenvalue weighted by molar-refractivity contribution is 5.83. The van der Waals surface area contributed by atoms with Gasteiger partial charge in [0.25, 0.3) is 0 Å². The van der Waals surface area contributed by atoms with Crippen molar-refractivity contribution in [2.75, 3.05) is 25.0 Å². The van der Waals surface area contributed by atoms with Crippen LogP contribution in [0.1, 0.15) is 67.7 Å². The summed E-state index contributed by atoms with van der Waals surface area (Å²) in [7, 11) is 0. The molecule has 50 heavy (non-hydrogen) atoms. The highest BCUT2D eigenvalue weighted by Crippen LogP contribution is 2.43. The summed E-state index contributed by atoms with van der Waals surface area (Å²) in [6.45, 7) is 22.8. The highest BCUT2D eigenvalue weighted by Gasteiger charge is 2.46. The topological polar surface area (TPSA) is 98.1 Å². The van der Waals surface area contributed by atoms with E-state index in [0.717, 1.165) is 18.4 Å². The van der Waals surface area contributed by atoms with E-state index in [1.807, 2.05) is 71.9 Å². The Labute approximate surface area is 295 Å². The Morgan fingerprint density at radius 2 is 1.76 bits per heavy atom. The summed E-state index contributed by atoms with van der Waals surface area (Å²) in [5.74, 6) is 0.368. The van der Waals surface area contributed by atoms with Crippen molar-refractivity contribution >= 4 is 17.6 Å². The summed E-state index contributed by atoms with van der Waals surface area (Å²) in [4.78, 5) is 15.2. The molecule has 1 saturated heterocycles. The van der Waals surface area contributed by atoms with E-state index < -0.39 is 23.2 Å². The quantitative estimate of drug-likeness (QED) is 0.173. The van der Waals surface area contributed by atoms with Crippen LogP contribution in [0.3, 0.4) is 0 Å². The lowest BCUT2D eigenvalue weighted by Gasteiger charge is -2.46. The number of anilines is 1. The first kappa shape index (κ1) is 36.9. The fourth-order valence-electron chi connectivity index (χ4n) is 6.70. The predicted octanol–water partition coefficient (Wildman–Crippen LogP) is 8.40. The molecule has 2 aliphatic heterocycles. The van der Waals surface area contributed by atoms with Crippen LogP contribution in [-0.2, 0) is 14.3 Å². The van der Waals surface area contributed by atoms with Crippen LogP contribution in [0.15, 0.2) is 79.4 Å². The number of carbonyl (C=O) groups is 1. The number of benzene rings is 2. The van der Waals surface area contributed by atoms with Crippen LogP contribution < -0.4 is 10.1 Å². The summed E-state index contributed by atoms with van der Waals surface area (Å²) in [6, 6.07) is 14.4. The zero-order valence-corrected chi connectivity index (χ0v) is 30.4. The number of ether oxygens (including phenoxy) is 3. The summed E-state index contributed by atoms with van der Waals surface area (Å²) in [5, 5.41) is 19.3. The molecule has 2 N–H and O–H groups in total. The van der Waals surface area contributed by atoms with Crippen molar-refractivity contribution in [3.63, 3.8) is 0 Å². The molecule has 0 bridgehead atoms. The Morgan fingerprint density at radius 3 is 2.40 bits per heavy atom. The van der Waals surface area contributed by atoms with E-state index in [4.69, 9.17) is 19.3 Å². The van der Waals surface area contributed by atoms with Gasteiger partial charge in [-0.2, -0.15) is 5.10 Å². The number of likely N-dealkylation sites (tertiary alicyclic amines) is 1. The maximum absolute atomic E-state index is 15.4. The minimum Gasteiger partial charge on any atom is -0.490 e. The van der Waals surface area contributed by atoms with E-state index in [-0.39, 0.29) is 17.5 Å². The first-order chi connectivity index (χ1) is 23.6. The third kappa shape index (κ3) is 7.97. The van der Waals surface area contributed by atoms with Gasteiger partial charge < -0.3 is 29.5 Å². The molecule has 10 heteroatoms. The standard InChI is InChI=1S/C40H51FN4O5/c1-10-14-26(3)49-31-18-13-17-29(41)33(31)28-16-12-15-27(24-28)30-25-32-42-39(7,8)34(35(37(46)47)50-38(4,5)6)36(45(32)43-30)44-21-19-40(9,20-22-44)48-23-11-2/h10-13,15-18,24-26,35,42H,1-2,14,19-23H2,3-9H3,(H,46,47)/t26-,35?/m0/s1. The van der Waals surface area contributed by atoms with Crippen LogP contribution in [0.2, 0.25) is 0 Å². The van der Waals surface area contributed by atoms with Crippen LogP contribution in [-0.4, -0.2) is 74.4 Å². The van der Waals surface area contributed by atoms with Gasteiger partial charge in [-0.05, 0) is 85.1 Å². The molecule has 2 aromatic carbocycles. The van der Waals surface area contributed by atoms with Gasteiger partial charge in [0.15, 0.2) is 6.10 Å². The van der Waals surface area contributed by atoms with E-state index in [2.05, 4.69) is 30.3 Å². The van der Waals surface area contributed by atoms with Crippen molar-refractivity contribution in [3.05, 3.63) is 85.2 Å². The van der Waals surface area contributed by atoms with Gasteiger partial charge in [-0.3, -0.25) is 0 Å². The molecule has 3 aromatic rings. The normalized spacial score (nSPS) is 18.1. The Balaban J connectivity index is 1.62. The molecule has 268 valence electrons. The molecule has 0 aliphatic carbocycles. The molecular formula is C40H51FN4O5. The fraction of sp³-hybridized carbons (Fsp3) is 0.450. The van der Waals surface area contributed by atoms with Gasteiger partial charge in [-0.25, -0.2) is 13.9 Å². The number of nitrogens with zero attached hydrogens (tertiary/aromatic N) is 3. The number of fused-ring (bicyclic) bond motifs is 1. The van der Waals surface area contributed by atoms with E-state index >= 15 is 4.39 Å². The number of hydrogen-bond acceptors (Lipinski definition) is 7. The number of carboxylic acid groups (broad SMARTS) is 1. The van der Waals surface area contributed by atoms with E-state index in [1.54, 1.807) is 29.0 Å². The Bertz CT molecular complexity index is 1760. The van der Waals surface area contributed by atoms with E-state index in [1.165, 1.54) is 6.07 Å². The Hall–Kier alpha value is -4.41. The monoisotopic (exact) mass is 686 g/mol. The third-order valence-electron chi connectivity index (χ3n) is 9.14. The molecule has 0 spiro atoms. The molecule has 1 aromatic heterocycles. The molecule has 2 atom stereocenters. The van der Waals surface area contributed by atoms with Gasteiger partial charge in [-0.15, -0.1) is 13.2 Å². The average molecular weight is 687 g/mol. The maximum atomic E-state index is 15.4. The lowest BCUT2D eigenvalue weighted by Crippen LogP contribution is -2.52. The smallest absolute Gasteiger partial charge is 0.337 e. The summed E-state index contributed by atoms with van der Waals surface area (Å²) < 4.78 is 35.8. The molecule has 0 amide bonds. The zero-order valence-electron chi connectivity index (χ0n) is 30.4. The maximum Gasteiger partial charge on any atom is 0.337 e. The lowest BCUT2D eigenvalue weighted by atomic mass is 9.86. The van der Waals surface area contributed by atoms with Crippen LogP contribution in [0.25, 0.3) is 28.2 Å². The second kappa shape index (κ2) is 14.4. The van der Waals surface area contributed by atoms with Gasteiger partial charge in [0.05, 0.1) is 40.7 Å². The lowest BCUT2D eigenvalue weighted by molar-refractivity contribution is -0.156. The number of carboxylic acids is 1. The number of piperidine rings is 1. The second-order valence-electron chi connectivity index (χ2n) is 14.9. The summed E-state index contributed by atoms with van der Waals surface area (Å²) >= 11 is 0. The number of hydrogen-bond donors (Lipinski definition) is 2. The van der Waals surface area contributed by atoms with Crippen molar-refractivity contribution in [2.24, 2.45) is 0 Å². The van der Waals surface area contributed by atoms with Crippen LogP contribution >= 0.6 is 0 Å². The van der Waals surface area contributed by atoms with Crippen molar-refractivity contribution in [1.82, 2.24) is 14.7 Å². The summed E-state index contributed by atoms with van der Waals surface area (Å²) in [6.07, 6.45) is 4.19. The molecule has 2 aliphatic rings. The molecule has 0 radical (unpaired) electrons. The average Bonchev–Trinajstić information content (AvgIpc) is 3.45. The number of nitrogens with one attached hydrogen (secondary N) is 1. The van der Waals surface area contributed by atoms with Crippen molar-refractivity contribution in [1.29, 1.82) is 0 Å². The predicted molar refractivity (Wildman–Crippen MR) is 197 cm³/mol. The molecule has 9 nitrogen and oxygen atoms in total. The van der Waals surface area contributed by atoms with E-state index in [0.29, 0.717) is 65.9 Å². The molecule has 1 fully saturated rings. The first-order valence-electron chi connectivity index (χ1n) is 17.3. The fourth-order valence-corrected chi connectivity index (χ4v) is 6.70. The van der Waals surface area contributed by atoms with Crippen LogP contribution in [0, 0.1) is 5.82 Å². The van der Waals surface area contributed by atoms with Gasteiger partial charge in [0.2, 0.25) is 0 Å². The molecule has 0 saturated carbocycles. The van der Waals surface area contributed by atoms with Crippen molar-refractivity contribution in [2.45, 2.75) is 96.7 Å². The molecular weight excluding hydrogens is 635 g/mol. The number of rotatable bonds is 13. The molecule has 3 heterocycles. The van der Waals surface area contributed by atoms with Gasteiger partial charge in [-0.1, -0.05) is 36.4 Å². The Morgan fingerprint density at radius 1 is 1.08 bits per heavy atom.